The maximum Gasteiger partial charge on any atom is 0.0727 e. The van der Waals surface area contributed by atoms with Crippen LogP contribution >= 0.6 is 12.4 Å². The molecule has 2 heterocycles. The Hall–Kier alpha value is -1.40. The molecule has 3 rings (SSSR count). The summed E-state index contributed by atoms with van der Waals surface area (Å²) in [7, 11) is 0. The van der Waals surface area contributed by atoms with Crippen molar-refractivity contribution >= 4 is 12.4 Å². The van der Waals surface area contributed by atoms with E-state index >= 15 is 0 Å². The highest BCUT2D eigenvalue weighted by Gasteiger charge is 2.25. The first kappa shape index (κ1) is 20.9. The van der Waals surface area contributed by atoms with E-state index in [1.54, 1.807) is 0 Å². The zero-order chi connectivity index (χ0) is 18.0. The van der Waals surface area contributed by atoms with Crippen LogP contribution in [-0.4, -0.2) is 40.6 Å². The maximum absolute atomic E-state index is 9.93. The molecule has 0 radical (unpaired) electrons. The lowest BCUT2D eigenvalue weighted by molar-refractivity contribution is 0.146. The van der Waals surface area contributed by atoms with Gasteiger partial charge in [-0.25, -0.2) is 4.68 Å². The molecule has 2 unspecified atom stereocenters. The Morgan fingerprint density at radius 2 is 1.92 bits per heavy atom. The lowest BCUT2D eigenvalue weighted by Gasteiger charge is -2.18. The number of aromatic nitrogens is 2. The molecular weight excluding hydrogens is 348 g/mol. The third-order valence-electron chi connectivity index (χ3n) is 4.83. The largest absolute Gasteiger partial charge is 0.391 e. The number of halogens is 1. The molecule has 1 saturated heterocycles. The van der Waals surface area contributed by atoms with Crippen molar-refractivity contribution in [1.82, 2.24) is 20.4 Å². The summed E-state index contributed by atoms with van der Waals surface area (Å²) in [6.07, 6.45) is 1.88. The van der Waals surface area contributed by atoms with Crippen LogP contribution in [0.25, 0.3) is 5.69 Å². The molecule has 2 atom stereocenters. The number of nitrogens with zero attached hydrogens (tertiary/aromatic N) is 2. The lowest BCUT2D eigenvalue weighted by Crippen LogP contribution is -2.30. The topological polar surface area (TPSA) is 62.1 Å². The average molecular weight is 379 g/mol. The summed E-state index contributed by atoms with van der Waals surface area (Å²) >= 11 is 0. The summed E-state index contributed by atoms with van der Waals surface area (Å²) in [5.41, 5.74) is 4.65. The molecule has 1 aliphatic heterocycles. The Bertz CT molecular complexity index is 706. The average Bonchev–Trinajstić information content (AvgIpc) is 3.15. The fourth-order valence-electron chi connectivity index (χ4n) is 3.32. The van der Waals surface area contributed by atoms with E-state index in [1.165, 1.54) is 11.1 Å². The molecule has 0 spiro atoms. The molecule has 26 heavy (non-hydrogen) atoms. The smallest absolute Gasteiger partial charge is 0.0727 e. The molecule has 5 nitrogen and oxygen atoms in total. The van der Waals surface area contributed by atoms with Crippen LogP contribution in [0.1, 0.15) is 37.6 Å². The molecule has 0 saturated carbocycles. The fraction of sp³-hybridized carbons (Fsp3) is 0.550. The fourth-order valence-corrected chi connectivity index (χ4v) is 3.32. The van der Waals surface area contributed by atoms with Crippen molar-refractivity contribution in [2.24, 2.45) is 5.92 Å². The Kier molecular flexibility index (Phi) is 6.86. The second kappa shape index (κ2) is 8.53. The number of aliphatic hydroxyl groups is 1. The van der Waals surface area contributed by atoms with Gasteiger partial charge in [0.05, 0.1) is 17.5 Å². The number of β-amino-alcohol motifs (C(OH)–C–C–N with tert-alkyl or cyclic N) is 1. The van der Waals surface area contributed by atoms with Gasteiger partial charge in [-0.1, -0.05) is 38.5 Å². The van der Waals surface area contributed by atoms with Crippen LogP contribution in [0.3, 0.4) is 0 Å². The van der Waals surface area contributed by atoms with Crippen molar-refractivity contribution in [1.29, 1.82) is 0 Å². The van der Waals surface area contributed by atoms with Crippen LogP contribution in [0.5, 0.6) is 0 Å². The van der Waals surface area contributed by atoms with Crippen LogP contribution in [0.2, 0.25) is 0 Å². The third kappa shape index (κ3) is 4.86. The van der Waals surface area contributed by atoms with Crippen molar-refractivity contribution in [2.45, 2.75) is 45.8 Å². The zero-order valence-corrected chi connectivity index (χ0v) is 16.9. The monoisotopic (exact) mass is 378 g/mol. The van der Waals surface area contributed by atoms with Gasteiger partial charge < -0.3 is 15.7 Å². The van der Waals surface area contributed by atoms with E-state index in [4.69, 9.17) is 5.10 Å². The van der Waals surface area contributed by atoms with Gasteiger partial charge in [0.15, 0.2) is 0 Å². The summed E-state index contributed by atoms with van der Waals surface area (Å²) in [4.78, 5) is 0. The number of benzene rings is 1. The molecule has 2 aromatic rings. The van der Waals surface area contributed by atoms with E-state index in [0.717, 1.165) is 31.0 Å². The first-order valence-corrected chi connectivity index (χ1v) is 9.10. The van der Waals surface area contributed by atoms with Gasteiger partial charge in [0.1, 0.15) is 0 Å². The van der Waals surface area contributed by atoms with Crippen LogP contribution < -0.4 is 10.6 Å². The lowest BCUT2D eigenvalue weighted by atomic mass is 9.89. The normalized spacial score (nSPS) is 20.2. The van der Waals surface area contributed by atoms with Gasteiger partial charge in [-0.15, -0.1) is 12.4 Å². The summed E-state index contributed by atoms with van der Waals surface area (Å²) in [6.45, 7) is 11.8. The van der Waals surface area contributed by atoms with E-state index in [2.05, 4.69) is 68.8 Å². The number of rotatable bonds is 5. The minimum Gasteiger partial charge on any atom is -0.391 e. The van der Waals surface area contributed by atoms with Gasteiger partial charge in [0.25, 0.3) is 0 Å². The molecule has 1 aromatic carbocycles. The van der Waals surface area contributed by atoms with Gasteiger partial charge in [-0.2, -0.15) is 5.10 Å². The first-order chi connectivity index (χ1) is 11.8. The van der Waals surface area contributed by atoms with E-state index < -0.39 is 0 Å². The summed E-state index contributed by atoms with van der Waals surface area (Å²) in [5, 5.41) is 21.5. The second-order valence-electron chi connectivity index (χ2n) is 8.15. The minimum atomic E-state index is -0.245. The predicted octanol–water partition coefficient (Wildman–Crippen LogP) is 2.57. The van der Waals surface area contributed by atoms with Gasteiger partial charge in [-0.05, 0) is 19.1 Å². The molecule has 0 amide bonds. The van der Waals surface area contributed by atoms with Gasteiger partial charge in [0, 0.05) is 49.3 Å². The second-order valence-corrected chi connectivity index (χ2v) is 8.15. The Balaban J connectivity index is 0.00000243. The quantitative estimate of drug-likeness (QED) is 0.748. The Labute approximate surface area is 162 Å². The van der Waals surface area contributed by atoms with Crippen molar-refractivity contribution in [3.05, 3.63) is 47.3 Å². The third-order valence-corrected chi connectivity index (χ3v) is 4.83. The number of hydrogen-bond acceptors (Lipinski definition) is 4. The van der Waals surface area contributed by atoms with Crippen LogP contribution in [0.15, 0.2) is 30.5 Å². The Morgan fingerprint density at radius 3 is 2.50 bits per heavy atom. The van der Waals surface area contributed by atoms with Gasteiger partial charge >= 0.3 is 0 Å². The predicted molar refractivity (Wildman–Crippen MR) is 108 cm³/mol. The summed E-state index contributed by atoms with van der Waals surface area (Å²) < 4.78 is 1.98. The number of aliphatic hydroxyl groups excluding tert-OH is 1. The summed E-state index contributed by atoms with van der Waals surface area (Å²) in [5.74, 6) is 0.283. The molecule has 144 valence electrons. The first-order valence-electron chi connectivity index (χ1n) is 9.10. The Morgan fingerprint density at radius 1 is 1.23 bits per heavy atom. The maximum atomic E-state index is 9.93. The van der Waals surface area contributed by atoms with Crippen LogP contribution in [0.4, 0.5) is 0 Å². The molecule has 0 bridgehead atoms. The van der Waals surface area contributed by atoms with E-state index in [-0.39, 0.29) is 29.8 Å². The molecule has 3 N–H and O–H groups in total. The van der Waals surface area contributed by atoms with Gasteiger partial charge in [0.2, 0.25) is 0 Å². The highest BCUT2D eigenvalue weighted by molar-refractivity contribution is 5.85. The summed E-state index contributed by atoms with van der Waals surface area (Å²) in [6, 6.07) is 8.43. The molecule has 1 aromatic heterocycles. The van der Waals surface area contributed by atoms with Crippen molar-refractivity contribution in [2.75, 3.05) is 19.6 Å². The highest BCUT2D eigenvalue weighted by Crippen LogP contribution is 2.25. The minimum absolute atomic E-state index is 0. The van der Waals surface area contributed by atoms with E-state index in [0.29, 0.717) is 6.54 Å². The zero-order valence-electron chi connectivity index (χ0n) is 16.1. The van der Waals surface area contributed by atoms with Crippen LogP contribution in [-0.2, 0) is 12.0 Å². The van der Waals surface area contributed by atoms with Crippen molar-refractivity contribution in [3.63, 3.8) is 0 Å². The molecule has 1 fully saturated rings. The molecular formula is C20H31ClN4O. The van der Waals surface area contributed by atoms with Gasteiger partial charge in [-0.3, -0.25) is 0 Å². The molecule has 6 heteroatoms. The van der Waals surface area contributed by atoms with E-state index in [1.807, 2.05) is 4.68 Å². The molecule has 1 aliphatic rings. The number of aryl methyl sites for hydroxylation is 1. The van der Waals surface area contributed by atoms with Crippen molar-refractivity contribution in [3.8, 4) is 5.69 Å². The number of hydrogen-bond donors (Lipinski definition) is 3. The molecule has 0 aliphatic carbocycles. The number of nitrogens with one attached hydrogen (secondary N) is 2. The highest BCUT2D eigenvalue weighted by atomic mass is 35.5. The SMILES string of the molecule is Cc1ccc(-n2cc(CNCC3CNCC3O)c(C(C)(C)C)n2)cc1.Cl. The van der Waals surface area contributed by atoms with Crippen LogP contribution in [0, 0.1) is 12.8 Å². The standard InChI is InChI=1S/C20H30N4O.ClH/c1-14-5-7-17(8-6-14)24-13-16(19(23-24)20(2,3)4)11-21-9-15-10-22-12-18(15)25;/h5-8,13,15,18,21-22,25H,9-12H2,1-4H3;1H. The van der Waals surface area contributed by atoms with E-state index in [9.17, 15) is 5.11 Å². The van der Waals surface area contributed by atoms with Crippen molar-refractivity contribution < 1.29 is 5.11 Å².